The number of benzene rings is 1. The molecule has 2 N–H and O–H groups in total. The fraction of sp³-hybridized carbons (Fsp3) is 0.333. The molecule has 8 nitrogen and oxygen atoms in total. The van der Waals surface area contributed by atoms with E-state index in [9.17, 15) is 18.3 Å². The Morgan fingerprint density at radius 1 is 1.30 bits per heavy atom. The zero-order valence-electron chi connectivity index (χ0n) is 16.5. The zero-order valence-corrected chi connectivity index (χ0v) is 17.4. The summed E-state index contributed by atoms with van der Waals surface area (Å²) >= 11 is 0. The highest BCUT2D eigenvalue weighted by atomic mass is 32.2. The van der Waals surface area contributed by atoms with Crippen LogP contribution < -0.4 is 10.1 Å². The van der Waals surface area contributed by atoms with Gasteiger partial charge in [0.2, 0.25) is 0 Å². The second kappa shape index (κ2) is 8.08. The molecule has 0 fully saturated rings. The summed E-state index contributed by atoms with van der Waals surface area (Å²) in [6, 6.07) is 9.97. The lowest BCUT2D eigenvalue weighted by molar-refractivity contribution is -0.137. The van der Waals surface area contributed by atoms with Crippen molar-refractivity contribution in [1.29, 1.82) is 0 Å². The van der Waals surface area contributed by atoms with Crippen LogP contribution in [-0.4, -0.2) is 48.1 Å². The molecule has 0 bridgehead atoms. The van der Waals surface area contributed by atoms with Gasteiger partial charge in [-0.1, -0.05) is 0 Å². The van der Waals surface area contributed by atoms with Crippen molar-refractivity contribution < 1.29 is 23.1 Å². The van der Waals surface area contributed by atoms with E-state index in [1.165, 1.54) is 19.2 Å². The highest BCUT2D eigenvalue weighted by molar-refractivity contribution is 7.91. The number of nitrogens with zero attached hydrogens (tertiary/aromatic N) is 2. The highest BCUT2D eigenvalue weighted by Gasteiger charge is 2.27. The van der Waals surface area contributed by atoms with Crippen molar-refractivity contribution in [3.05, 3.63) is 53.9 Å². The molecule has 2 aromatic heterocycles. The molecule has 1 aromatic carbocycles. The number of hydrogen-bond donors (Lipinski definition) is 2. The number of rotatable bonds is 7. The van der Waals surface area contributed by atoms with Crippen molar-refractivity contribution in [3.63, 3.8) is 0 Å². The van der Waals surface area contributed by atoms with Crippen LogP contribution >= 0.6 is 0 Å². The van der Waals surface area contributed by atoms with Crippen molar-refractivity contribution in [2.24, 2.45) is 0 Å². The van der Waals surface area contributed by atoms with Gasteiger partial charge in [-0.05, 0) is 55.7 Å². The number of fused-ring (bicyclic) bond motifs is 3. The molecule has 0 radical (unpaired) electrons. The third-order valence-corrected chi connectivity index (χ3v) is 7.03. The Morgan fingerprint density at radius 3 is 2.77 bits per heavy atom. The van der Waals surface area contributed by atoms with Gasteiger partial charge in [0, 0.05) is 23.5 Å². The Kier molecular flexibility index (Phi) is 5.48. The molecule has 1 aliphatic rings. The lowest BCUT2D eigenvalue weighted by Crippen LogP contribution is -2.38. The largest absolute Gasteiger partial charge is 0.497 e. The summed E-state index contributed by atoms with van der Waals surface area (Å²) in [4.78, 5) is 16.0. The van der Waals surface area contributed by atoms with Crippen LogP contribution in [0.1, 0.15) is 17.7 Å². The lowest BCUT2D eigenvalue weighted by Gasteiger charge is -2.24. The molecule has 0 saturated carbocycles. The molecule has 0 saturated heterocycles. The smallest absolute Gasteiger partial charge is 0.323 e. The van der Waals surface area contributed by atoms with E-state index in [-0.39, 0.29) is 23.4 Å². The van der Waals surface area contributed by atoms with Gasteiger partial charge in [-0.2, -0.15) is 0 Å². The third-order valence-electron chi connectivity index (χ3n) is 5.49. The third kappa shape index (κ3) is 3.90. The molecule has 0 spiro atoms. The van der Waals surface area contributed by atoms with E-state index in [2.05, 4.69) is 10.3 Å². The maximum Gasteiger partial charge on any atom is 0.323 e. The topological polar surface area (TPSA) is 111 Å². The number of carboxylic acids is 1. The maximum absolute atomic E-state index is 12.7. The number of sulfone groups is 1. The normalized spacial score (nSPS) is 16.4. The predicted octanol–water partition coefficient (Wildman–Crippen LogP) is 2.01. The highest BCUT2D eigenvalue weighted by Crippen LogP contribution is 2.31. The van der Waals surface area contributed by atoms with E-state index in [4.69, 9.17) is 4.74 Å². The minimum Gasteiger partial charge on any atom is -0.497 e. The summed E-state index contributed by atoms with van der Waals surface area (Å²) in [6.07, 6.45) is 3.69. The number of carboxylic acid groups (broad SMARTS) is 1. The number of hydrogen-bond acceptors (Lipinski definition) is 6. The molecule has 158 valence electrons. The maximum atomic E-state index is 12.7. The van der Waals surface area contributed by atoms with Crippen molar-refractivity contribution in [1.82, 2.24) is 14.9 Å². The van der Waals surface area contributed by atoms with E-state index in [0.29, 0.717) is 18.6 Å². The van der Waals surface area contributed by atoms with Gasteiger partial charge in [0.15, 0.2) is 9.84 Å². The SMILES string of the molecule is COc1ccc(S(=O)(=O)CNC2CCc3c(c4ncccc4n3CC(=O)O)C2)cc1. The zero-order chi connectivity index (χ0) is 21.3. The van der Waals surface area contributed by atoms with Gasteiger partial charge in [0.1, 0.15) is 18.2 Å². The Bertz CT molecular complexity index is 1190. The number of aliphatic carboxylic acids is 1. The number of nitrogens with one attached hydrogen (secondary N) is 1. The average Bonchev–Trinajstić information content (AvgIpc) is 3.05. The molecule has 0 amide bonds. The molecule has 3 aromatic rings. The van der Waals surface area contributed by atoms with Gasteiger partial charge < -0.3 is 19.7 Å². The molecule has 30 heavy (non-hydrogen) atoms. The Balaban J connectivity index is 1.52. The van der Waals surface area contributed by atoms with Gasteiger partial charge in [-0.3, -0.25) is 9.78 Å². The number of ether oxygens (including phenoxy) is 1. The minimum absolute atomic E-state index is 0.0311. The van der Waals surface area contributed by atoms with Gasteiger partial charge in [0.25, 0.3) is 0 Å². The summed E-state index contributed by atoms with van der Waals surface area (Å²) in [5.74, 6) is -0.461. The van der Waals surface area contributed by atoms with Gasteiger partial charge >= 0.3 is 5.97 Å². The average molecular weight is 429 g/mol. The van der Waals surface area contributed by atoms with Gasteiger partial charge in [-0.25, -0.2) is 8.42 Å². The van der Waals surface area contributed by atoms with Crippen molar-refractivity contribution in [2.45, 2.75) is 36.7 Å². The molecule has 9 heteroatoms. The first-order chi connectivity index (χ1) is 14.4. The van der Waals surface area contributed by atoms with Crippen LogP contribution in [0.2, 0.25) is 0 Å². The number of methoxy groups -OCH3 is 1. The van der Waals surface area contributed by atoms with Crippen LogP contribution in [0.4, 0.5) is 0 Å². The molecule has 0 aliphatic heterocycles. The number of carbonyl (C=O) groups is 1. The molecular weight excluding hydrogens is 406 g/mol. The van der Waals surface area contributed by atoms with Crippen LogP contribution in [0.5, 0.6) is 5.75 Å². The van der Waals surface area contributed by atoms with Crippen LogP contribution in [0.3, 0.4) is 0 Å². The predicted molar refractivity (Wildman–Crippen MR) is 111 cm³/mol. The minimum atomic E-state index is -3.48. The monoisotopic (exact) mass is 429 g/mol. The van der Waals surface area contributed by atoms with Gasteiger partial charge in [0.05, 0.1) is 23.0 Å². The summed E-state index contributed by atoms with van der Waals surface area (Å²) < 4.78 is 32.2. The van der Waals surface area contributed by atoms with Crippen LogP contribution in [0.25, 0.3) is 11.0 Å². The molecule has 1 unspecified atom stereocenters. The van der Waals surface area contributed by atoms with Crippen LogP contribution in [-0.2, 0) is 34.0 Å². The molecule has 4 rings (SSSR count). The van der Waals surface area contributed by atoms with Crippen molar-refractivity contribution in [3.8, 4) is 5.75 Å². The van der Waals surface area contributed by atoms with E-state index >= 15 is 0 Å². The fourth-order valence-electron chi connectivity index (χ4n) is 4.04. The molecule has 2 heterocycles. The van der Waals surface area contributed by atoms with E-state index in [1.54, 1.807) is 24.4 Å². The Hall–Kier alpha value is -2.91. The summed E-state index contributed by atoms with van der Waals surface area (Å²) in [5.41, 5.74) is 3.56. The van der Waals surface area contributed by atoms with E-state index in [0.717, 1.165) is 28.7 Å². The molecule has 1 aliphatic carbocycles. The quantitative estimate of drug-likeness (QED) is 0.591. The number of aromatic nitrogens is 2. The Morgan fingerprint density at radius 2 is 2.07 bits per heavy atom. The summed E-state index contributed by atoms with van der Waals surface area (Å²) in [6.45, 7) is -0.110. The van der Waals surface area contributed by atoms with Crippen LogP contribution in [0.15, 0.2) is 47.5 Å². The molecule has 1 atom stereocenters. The van der Waals surface area contributed by atoms with E-state index < -0.39 is 15.8 Å². The Labute approximate surface area is 174 Å². The van der Waals surface area contributed by atoms with Crippen LogP contribution in [0, 0.1) is 0 Å². The van der Waals surface area contributed by atoms with Crippen molar-refractivity contribution >= 4 is 26.8 Å². The molecular formula is C21H23N3O5S. The summed E-state index contributed by atoms with van der Waals surface area (Å²) in [7, 11) is -1.95. The van der Waals surface area contributed by atoms with Gasteiger partial charge in [-0.15, -0.1) is 0 Å². The number of pyridine rings is 1. The van der Waals surface area contributed by atoms with Crippen molar-refractivity contribution in [2.75, 3.05) is 13.0 Å². The first kappa shape index (κ1) is 20.4. The second-order valence-corrected chi connectivity index (χ2v) is 9.34. The first-order valence-electron chi connectivity index (χ1n) is 9.66. The summed E-state index contributed by atoms with van der Waals surface area (Å²) in [5, 5.41) is 12.5. The standard InChI is InChI=1S/C21H23N3O5S/c1-29-15-5-7-16(8-6-15)30(27,28)13-23-14-4-9-18-17(11-14)21-19(3-2-10-22-21)24(18)12-20(25)26/h2-3,5-8,10,14,23H,4,9,11-13H2,1H3,(H,25,26). The fourth-order valence-corrected chi connectivity index (χ4v) is 5.21. The lowest BCUT2D eigenvalue weighted by atomic mass is 9.92. The van der Waals surface area contributed by atoms with E-state index in [1.807, 2.05) is 10.6 Å². The second-order valence-electron chi connectivity index (χ2n) is 7.35. The first-order valence-corrected chi connectivity index (χ1v) is 11.3.